The van der Waals surface area contributed by atoms with Crippen LogP contribution in [0.15, 0.2) is 60.9 Å². The summed E-state index contributed by atoms with van der Waals surface area (Å²) in [5.74, 6) is -0.346. The number of carbonyl (C=O) groups is 2. The van der Waals surface area contributed by atoms with Crippen LogP contribution in [0, 0.1) is 0 Å². The van der Waals surface area contributed by atoms with Gasteiger partial charge >= 0.3 is 0 Å². The molecule has 0 spiro atoms. The predicted octanol–water partition coefficient (Wildman–Crippen LogP) is 2.92. The third-order valence-corrected chi connectivity index (χ3v) is 3.08. The van der Waals surface area contributed by atoms with Gasteiger partial charge in [-0.2, -0.15) is 0 Å². The number of nitrogens with one attached hydrogen (secondary N) is 2. The van der Waals surface area contributed by atoms with Crippen LogP contribution in [0.4, 0.5) is 5.69 Å². The highest BCUT2D eigenvalue weighted by atomic mass is 16.2. The molecule has 0 saturated heterocycles. The van der Waals surface area contributed by atoms with Crippen molar-refractivity contribution in [3.8, 4) is 0 Å². The second kappa shape index (κ2) is 8.48. The van der Waals surface area contributed by atoms with Gasteiger partial charge in [-0.1, -0.05) is 25.1 Å². The fourth-order valence-electron chi connectivity index (χ4n) is 1.95. The van der Waals surface area contributed by atoms with Crippen molar-refractivity contribution in [1.82, 2.24) is 10.3 Å². The van der Waals surface area contributed by atoms with Crippen LogP contribution >= 0.6 is 0 Å². The van der Waals surface area contributed by atoms with Crippen LogP contribution < -0.4 is 10.6 Å². The van der Waals surface area contributed by atoms with Crippen LogP contribution in [-0.2, 0) is 11.3 Å². The summed E-state index contributed by atoms with van der Waals surface area (Å²) >= 11 is 0. The molecule has 0 aliphatic heterocycles. The zero-order valence-electron chi connectivity index (χ0n) is 13.0. The summed E-state index contributed by atoms with van der Waals surface area (Å²) in [5.41, 5.74) is 2.12. The number of allylic oxidation sites excluding steroid dienone is 1. The van der Waals surface area contributed by atoms with Gasteiger partial charge in [0, 0.05) is 24.6 Å². The summed E-state index contributed by atoms with van der Waals surface area (Å²) in [6, 6.07) is 10.8. The number of pyridine rings is 1. The lowest BCUT2D eigenvalue weighted by atomic mass is 10.2. The lowest BCUT2D eigenvalue weighted by molar-refractivity contribution is -0.111. The molecule has 2 amide bonds. The van der Waals surface area contributed by atoms with Gasteiger partial charge in [0.05, 0.1) is 5.56 Å². The number of amides is 2. The van der Waals surface area contributed by atoms with Crippen LogP contribution in [0.5, 0.6) is 0 Å². The van der Waals surface area contributed by atoms with E-state index in [1.807, 2.05) is 31.2 Å². The lowest BCUT2D eigenvalue weighted by Gasteiger charge is -2.08. The molecule has 2 N–H and O–H groups in total. The van der Waals surface area contributed by atoms with Crippen LogP contribution in [0.1, 0.15) is 29.3 Å². The van der Waals surface area contributed by atoms with E-state index in [2.05, 4.69) is 15.6 Å². The number of benzene rings is 1. The predicted molar refractivity (Wildman–Crippen MR) is 89.9 cm³/mol. The highest BCUT2D eigenvalue weighted by Crippen LogP contribution is 2.11. The Balaban J connectivity index is 1.93. The molecule has 2 aromatic rings. The molecule has 0 aliphatic rings. The molecule has 0 atom stereocenters. The largest absolute Gasteiger partial charge is 0.348 e. The number of rotatable bonds is 6. The van der Waals surface area contributed by atoms with E-state index in [0.29, 0.717) is 17.8 Å². The third kappa shape index (κ3) is 5.39. The van der Waals surface area contributed by atoms with Crippen molar-refractivity contribution in [1.29, 1.82) is 0 Å². The van der Waals surface area contributed by atoms with E-state index in [-0.39, 0.29) is 11.8 Å². The third-order valence-electron chi connectivity index (χ3n) is 3.08. The monoisotopic (exact) mass is 309 g/mol. The Hall–Kier alpha value is -2.95. The van der Waals surface area contributed by atoms with E-state index in [9.17, 15) is 9.59 Å². The van der Waals surface area contributed by atoms with E-state index >= 15 is 0 Å². The van der Waals surface area contributed by atoms with Crippen LogP contribution in [0.3, 0.4) is 0 Å². The average molecular weight is 309 g/mol. The highest BCUT2D eigenvalue weighted by molar-refractivity contribution is 5.99. The van der Waals surface area contributed by atoms with Gasteiger partial charge in [0.2, 0.25) is 5.91 Å². The first kappa shape index (κ1) is 16.4. The first-order valence-electron chi connectivity index (χ1n) is 7.43. The molecule has 118 valence electrons. The molecule has 0 radical (unpaired) electrons. The fourth-order valence-corrected chi connectivity index (χ4v) is 1.95. The summed E-state index contributed by atoms with van der Waals surface area (Å²) in [6.45, 7) is 2.34. The molecule has 0 saturated carbocycles. The second-order valence-corrected chi connectivity index (χ2v) is 4.92. The van der Waals surface area contributed by atoms with E-state index in [1.165, 1.54) is 12.3 Å². The average Bonchev–Trinajstić information content (AvgIpc) is 2.59. The summed E-state index contributed by atoms with van der Waals surface area (Å²) in [6.07, 6.45) is 7.26. The molecule has 1 heterocycles. The SMILES string of the molecule is CC/C=C/C(=O)Nc1cccc(CNC(=O)c2cccnc2)c1. The summed E-state index contributed by atoms with van der Waals surface area (Å²) in [5, 5.41) is 5.61. The molecule has 2 rings (SSSR count). The van der Waals surface area contributed by atoms with Crippen molar-refractivity contribution in [2.24, 2.45) is 0 Å². The Kier molecular flexibility index (Phi) is 6.06. The van der Waals surface area contributed by atoms with Crippen molar-refractivity contribution in [3.05, 3.63) is 72.1 Å². The molecule has 0 fully saturated rings. The molecule has 23 heavy (non-hydrogen) atoms. The van der Waals surface area contributed by atoms with Crippen molar-refractivity contribution >= 4 is 17.5 Å². The quantitative estimate of drug-likeness (QED) is 0.806. The minimum absolute atomic E-state index is 0.164. The van der Waals surface area contributed by atoms with Crippen LogP contribution in [0.25, 0.3) is 0 Å². The fraction of sp³-hybridized carbons (Fsp3) is 0.167. The van der Waals surface area contributed by atoms with Gasteiger partial charge in [-0.15, -0.1) is 0 Å². The number of hydrogen-bond donors (Lipinski definition) is 2. The Morgan fingerprint density at radius 1 is 1.22 bits per heavy atom. The number of nitrogens with zero attached hydrogens (tertiary/aromatic N) is 1. The Labute approximate surface area is 135 Å². The normalized spacial score (nSPS) is 10.5. The van der Waals surface area contributed by atoms with Crippen LogP contribution in [0.2, 0.25) is 0 Å². The molecule has 0 aliphatic carbocycles. The lowest BCUT2D eigenvalue weighted by Crippen LogP contribution is -2.22. The number of hydrogen-bond acceptors (Lipinski definition) is 3. The van der Waals surface area contributed by atoms with Gasteiger partial charge in [-0.25, -0.2) is 0 Å². The number of aromatic nitrogens is 1. The molecule has 5 heteroatoms. The number of carbonyl (C=O) groups excluding carboxylic acids is 2. The molecule has 1 aromatic carbocycles. The molecular formula is C18H19N3O2. The van der Waals surface area contributed by atoms with Crippen LogP contribution in [-0.4, -0.2) is 16.8 Å². The van der Waals surface area contributed by atoms with Crippen molar-refractivity contribution in [3.63, 3.8) is 0 Å². The summed E-state index contributed by atoms with van der Waals surface area (Å²) in [4.78, 5) is 27.5. The Morgan fingerprint density at radius 3 is 2.83 bits per heavy atom. The van der Waals surface area contributed by atoms with E-state index < -0.39 is 0 Å². The molecule has 1 aromatic heterocycles. The zero-order chi connectivity index (χ0) is 16.5. The van der Waals surface area contributed by atoms with Crippen molar-refractivity contribution in [2.75, 3.05) is 5.32 Å². The minimum Gasteiger partial charge on any atom is -0.348 e. The molecule has 0 bridgehead atoms. The second-order valence-electron chi connectivity index (χ2n) is 4.92. The van der Waals surface area contributed by atoms with Gasteiger partial charge in [-0.05, 0) is 42.3 Å². The zero-order valence-corrected chi connectivity index (χ0v) is 13.0. The van der Waals surface area contributed by atoms with Gasteiger partial charge in [-0.3, -0.25) is 14.6 Å². The minimum atomic E-state index is -0.182. The van der Waals surface area contributed by atoms with Crippen molar-refractivity contribution in [2.45, 2.75) is 19.9 Å². The summed E-state index contributed by atoms with van der Waals surface area (Å²) < 4.78 is 0. The maximum atomic E-state index is 12.0. The summed E-state index contributed by atoms with van der Waals surface area (Å²) in [7, 11) is 0. The van der Waals surface area contributed by atoms with Gasteiger partial charge in [0.25, 0.3) is 5.91 Å². The first-order valence-corrected chi connectivity index (χ1v) is 7.43. The van der Waals surface area contributed by atoms with Gasteiger partial charge < -0.3 is 10.6 Å². The van der Waals surface area contributed by atoms with E-state index in [1.54, 1.807) is 24.4 Å². The molecular weight excluding hydrogens is 290 g/mol. The number of anilines is 1. The molecule has 0 unspecified atom stereocenters. The topological polar surface area (TPSA) is 71.1 Å². The molecule has 5 nitrogen and oxygen atoms in total. The van der Waals surface area contributed by atoms with Gasteiger partial charge in [0.1, 0.15) is 0 Å². The maximum absolute atomic E-state index is 12.0. The smallest absolute Gasteiger partial charge is 0.253 e. The standard InChI is InChI=1S/C18H19N3O2/c1-2-3-9-17(22)21-16-8-4-6-14(11-16)12-20-18(23)15-7-5-10-19-13-15/h3-11,13H,2,12H2,1H3,(H,20,23)(H,21,22)/b9-3+. The van der Waals surface area contributed by atoms with E-state index in [4.69, 9.17) is 0 Å². The first-order chi connectivity index (χ1) is 11.2. The van der Waals surface area contributed by atoms with Crippen molar-refractivity contribution < 1.29 is 9.59 Å². The highest BCUT2D eigenvalue weighted by Gasteiger charge is 2.05. The Bertz CT molecular complexity index is 696. The van der Waals surface area contributed by atoms with E-state index in [0.717, 1.165) is 12.0 Å². The Morgan fingerprint density at radius 2 is 2.09 bits per heavy atom. The van der Waals surface area contributed by atoms with Gasteiger partial charge in [0.15, 0.2) is 0 Å². The maximum Gasteiger partial charge on any atom is 0.253 e.